The first-order valence-electron chi connectivity index (χ1n) is 11.8. The summed E-state index contributed by atoms with van der Waals surface area (Å²) in [6, 6.07) is 13.4. The van der Waals surface area contributed by atoms with Gasteiger partial charge in [0.05, 0.1) is 25.4 Å². The molecule has 0 spiro atoms. The Bertz CT molecular complexity index is 1140. The van der Waals surface area contributed by atoms with E-state index in [9.17, 15) is 14.4 Å². The van der Waals surface area contributed by atoms with E-state index in [1.165, 1.54) is 9.91 Å². The van der Waals surface area contributed by atoms with Crippen molar-refractivity contribution < 1.29 is 19.1 Å². The molecule has 35 heavy (non-hydrogen) atoms. The lowest BCUT2D eigenvalue weighted by Gasteiger charge is -2.29. The summed E-state index contributed by atoms with van der Waals surface area (Å²) in [5.74, 6) is -0.833. The molecule has 1 N–H and O–H groups in total. The molecule has 0 aliphatic carbocycles. The lowest BCUT2D eigenvalue weighted by atomic mass is 10.1. The van der Waals surface area contributed by atoms with Gasteiger partial charge in [-0.1, -0.05) is 12.1 Å². The SMILES string of the molecule is Cc1ccc(C)c(N2N=C(C(=O)N(C)CC(=O)Nc3ccc(N4CCOCC4)cc3)CCC2=O)c1. The summed E-state index contributed by atoms with van der Waals surface area (Å²) in [5, 5.41) is 8.51. The van der Waals surface area contributed by atoms with Crippen LogP contribution in [-0.4, -0.2) is 68.2 Å². The highest BCUT2D eigenvalue weighted by Gasteiger charge is 2.28. The van der Waals surface area contributed by atoms with Gasteiger partial charge in [-0.15, -0.1) is 0 Å². The molecule has 184 valence electrons. The minimum absolute atomic E-state index is 0.125. The summed E-state index contributed by atoms with van der Waals surface area (Å²) in [5.41, 5.74) is 4.57. The third-order valence-corrected chi connectivity index (χ3v) is 6.13. The Morgan fingerprint density at radius 3 is 2.49 bits per heavy atom. The van der Waals surface area contributed by atoms with Gasteiger partial charge < -0.3 is 19.9 Å². The zero-order valence-corrected chi connectivity index (χ0v) is 20.4. The fraction of sp³-hybridized carbons (Fsp3) is 0.385. The molecular weight excluding hydrogens is 446 g/mol. The number of carbonyl (C=O) groups excluding carboxylic acids is 3. The third-order valence-electron chi connectivity index (χ3n) is 6.13. The number of nitrogens with one attached hydrogen (secondary N) is 1. The number of morpholine rings is 1. The molecule has 2 aliphatic rings. The van der Waals surface area contributed by atoms with Gasteiger partial charge in [0.25, 0.3) is 5.91 Å². The van der Waals surface area contributed by atoms with Crippen LogP contribution in [0.2, 0.25) is 0 Å². The van der Waals surface area contributed by atoms with E-state index in [1.807, 2.05) is 56.3 Å². The van der Waals surface area contributed by atoms with Gasteiger partial charge >= 0.3 is 0 Å². The zero-order chi connectivity index (χ0) is 24.9. The van der Waals surface area contributed by atoms with Gasteiger partial charge in [0.1, 0.15) is 5.71 Å². The Morgan fingerprint density at radius 1 is 1.06 bits per heavy atom. The van der Waals surface area contributed by atoms with Gasteiger partial charge in [-0.3, -0.25) is 14.4 Å². The van der Waals surface area contributed by atoms with Crippen LogP contribution in [0.15, 0.2) is 47.6 Å². The number of ether oxygens (including phenoxy) is 1. The Kier molecular flexibility index (Phi) is 7.45. The minimum atomic E-state index is -0.370. The molecule has 9 heteroatoms. The first-order valence-corrected chi connectivity index (χ1v) is 11.8. The predicted molar refractivity (Wildman–Crippen MR) is 136 cm³/mol. The molecule has 3 amide bonds. The van der Waals surface area contributed by atoms with Gasteiger partial charge in [0.2, 0.25) is 11.8 Å². The molecular formula is C26H31N5O4. The zero-order valence-electron chi connectivity index (χ0n) is 20.4. The molecule has 1 saturated heterocycles. The van der Waals surface area contributed by atoms with Crippen LogP contribution in [0, 0.1) is 13.8 Å². The Hall–Kier alpha value is -3.72. The van der Waals surface area contributed by atoms with Crippen LogP contribution in [0.3, 0.4) is 0 Å². The van der Waals surface area contributed by atoms with Crippen molar-refractivity contribution in [1.82, 2.24) is 4.90 Å². The molecule has 0 unspecified atom stereocenters. The maximum absolute atomic E-state index is 13.0. The highest BCUT2D eigenvalue weighted by molar-refractivity contribution is 6.40. The molecule has 0 atom stereocenters. The normalized spacial score (nSPS) is 16.1. The number of hydrogen-bond donors (Lipinski definition) is 1. The van der Waals surface area contributed by atoms with E-state index in [4.69, 9.17) is 4.74 Å². The van der Waals surface area contributed by atoms with Crippen molar-refractivity contribution in [2.45, 2.75) is 26.7 Å². The Balaban J connectivity index is 1.37. The molecule has 2 heterocycles. The van der Waals surface area contributed by atoms with Gasteiger partial charge in [-0.2, -0.15) is 5.10 Å². The van der Waals surface area contributed by atoms with Crippen molar-refractivity contribution in [1.29, 1.82) is 0 Å². The van der Waals surface area contributed by atoms with Gasteiger partial charge in [0, 0.05) is 44.4 Å². The van der Waals surface area contributed by atoms with Crippen LogP contribution in [0.1, 0.15) is 24.0 Å². The van der Waals surface area contributed by atoms with Crippen molar-refractivity contribution in [3.05, 3.63) is 53.6 Å². The maximum atomic E-state index is 13.0. The number of amides is 3. The standard InChI is InChI=1S/C26H31N5O4/c1-18-4-5-19(2)23(16-18)31-25(33)11-10-22(28-31)26(34)29(3)17-24(32)27-20-6-8-21(9-7-20)30-12-14-35-15-13-30/h4-9,16H,10-15,17H2,1-3H3,(H,27,32). The van der Waals surface area contributed by atoms with Crippen molar-refractivity contribution in [3.8, 4) is 0 Å². The van der Waals surface area contributed by atoms with Crippen LogP contribution in [0.4, 0.5) is 17.1 Å². The molecule has 0 saturated carbocycles. The second-order valence-electron chi connectivity index (χ2n) is 8.90. The number of aryl methyl sites for hydroxylation is 2. The molecule has 0 aromatic heterocycles. The van der Waals surface area contributed by atoms with Gasteiger partial charge in [-0.25, -0.2) is 5.01 Å². The number of nitrogens with zero attached hydrogens (tertiary/aromatic N) is 4. The Morgan fingerprint density at radius 2 is 1.77 bits per heavy atom. The summed E-state index contributed by atoms with van der Waals surface area (Å²) in [6.45, 7) is 6.82. The summed E-state index contributed by atoms with van der Waals surface area (Å²) in [4.78, 5) is 41.7. The molecule has 0 bridgehead atoms. The number of hydrazone groups is 1. The maximum Gasteiger partial charge on any atom is 0.270 e. The topological polar surface area (TPSA) is 94.6 Å². The minimum Gasteiger partial charge on any atom is -0.378 e. The highest BCUT2D eigenvalue weighted by atomic mass is 16.5. The van der Waals surface area contributed by atoms with Crippen molar-refractivity contribution in [2.75, 3.05) is 55.1 Å². The van der Waals surface area contributed by atoms with Gasteiger partial charge in [0.15, 0.2) is 0 Å². The lowest BCUT2D eigenvalue weighted by molar-refractivity contribution is -0.128. The van der Waals surface area contributed by atoms with E-state index in [0.29, 0.717) is 24.6 Å². The van der Waals surface area contributed by atoms with E-state index < -0.39 is 0 Å². The monoisotopic (exact) mass is 477 g/mol. The average Bonchev–Trinajstić information content (AvgIpc) is 2.86. The number of rotatable bonds is 6. The largest absolute Gasteiger partial charge is 0.378 e. The van der Waals surface area contributed by atoms with Crippen LogP contribution < -0.4 is 15.2 Å². The predicted octanol–water partition coefficient (Wildman–Crippen LogP) is 2.72. The fourth-order valence-electron chi connectivity index (χ4n) is 4.13. The number of anilines is 3. The average molecular weight is 478 g/mol. The lowest BCUT2D eigenvalue weighted by Crippen LogP contribution is -2.42. The summed E-state index contributed by atoms with van der Waals surface area (Å²) >= 11 is 0. The number of hydrogen-bond acceptors (Lipinski definition) is 6. The first-order chi connectivity index (χ1) is 16.8. The summed E-state index contributed by atoms with van der Waals surface area (Å²) in [7, 11) is 1.56. The molecule has 4 rings (SSSR count). The van der Waals surface area contributed by atoms with Crippen molar-refractivity contribution in [2.24, 2.45) is 5.10 Å². The fourth-order valence-corrected chi connectivity index (χ4v) is 4.13. The summed E-state index contributed by atoms with van der Waals surface area (Å²) in [6.07, 6.45) is 0.432. The van der Waals surface area contributed by atoms with Gasteiger partial charge in [-0.05, 0) is 55.3 Å². The van der Waals surface area contributed by atoms with E-state index in [-0.39, 0.29) is 42.8 Å². The summed E-state index contributed by atoms with van der Waals surface area (Å²) < 4.78 is 5.38. The van der Waals surface area contributed by atoms with E-state index >= 15 is 0 Å². The second-order valence-corrected chi connectivity index (χ2v) is 8.90. The smallest absolute Gasteiger partial charge is 0.270 e. The van der Waals surface area contributed by atoms with E-state index in [2.05, 4.69) is 15.3 Å². The molecule has 0 radical (unpaired) electrons. The highest BCUT2D eigenvalue weighted by Crippen LogP contribution is 2.26. The van der Waals surface area contributed by atoms with E-state index in [1.54, 1.807) is 7.05 Å². The molecule has 2 aromatic carbocycles. The van der Waals surface area contributed by atoms with Crippen LogP contribution in [0.25, 0.3) is 0 Å². The molecule has 2 aliphatic heterocycles. The molecule has 1 fully saturated rings. The quantitative estimate of drug-likeness (QED) is 0.691. The Labute approximate surface area is 205 Å². The molecule has 9 nitrogen and oxygen atoms in total. The van der Waals surface area contributed by atoms with Crippen LogP contribution >= 0.6 is 0 Å². The van der Waals surface area contributed by atoms with E-state index in [0.717, 1.165) is 29.9 Å². The van der Waals surface area contributed by atoms with Crippen molar-refractivity contribution in [3.63, 3.8) is 0 Å². The first kappa shape index (κ1) is 24.4. The number of benzene rings is 2. The number of likely N-dealkylation sites (N-methyl/N-ethyl adjacent to an activating group) is 1. The van der Waals surface area contributed by atoms with Crippen LogP contribution in [-0.2, 0) is 19.1 Å². The third kappa shape index (κ3) is 5.86. The number of carbonyl (C=O) groups is 3. The van der Waals surface area contributed by atoms with Crippen LogP contribution in [0.5, 0.6) is 0 Å². The van der Waals surface area contributed by atoms with Crippen molar-refractivity contribution >= 4 is 40.5 Å². The second kappa shape index (κ2) is 10.7. The molecule has 2 aromatic rings.